The van der Waals surface area contributed by atoms with Crippen LogP contribution >= 0.6 is 0 Å². The topological polar surface area (TPSA) is 76.4 Å². The molecule has 1 aliphatic carbocycles. The Kier molecular flexibility index (Phi) is 5.04. The number of aryl methyl sites for hydroxylation is 1. The van der Waals surface area contributed by atoms with Gasteiger partial charge in [0.25, 0.3) is 0 Å². The minimum Gasteiger partial charge on any atom is -0.444 e. The standard InChI is InChI=1S/C17H29N3O3/c1-10-11(2)19-20(12(10)3)15-9-13(21)7-8-14(15)18-16(22)23-17(4,5)6/h13-15,21H,7-9H2,1-6H3,(H,18,22). The first-order chi connectivity index (χ1) is 10.6. The van der Waals surface area contributed by atoms with E-state index in [1.165, 1.54) is 0 Å². The van der Waals surface area contributed by atoms with E-state index in [0.717, 1.165) is 17.0 Å². The fraction of sp³-hybridized carbons (Fsp3) is 0.765. The quantitative estimate of drug-likeness (QED) is 0.877. The first-order valence-corrected chi connectivity index (χ1v) is 8.28. The summed E-state index contributed by atoms with van der Waals surface area (Å²) < 4.78 is 7.32. The maximum absolute atomic E-state index is 12.1. The number of hydrogen-bond acceptors (Lipinski definition) is 4. The van der Waals surface area contributed by atoms with Crippen LogP contribution in [0.2, 0.25) is 0 Å². The molecule has 6 nitrogen and oxygen atoms in total. The Morgan fingerprint density at radius 2 is 1.96 bits per heavy atom. The Balaban J connectivity index is 2.19. The van der Waals surface area contributed by atoms with Crippen LogP contribution < -0.4 is 5.32 Å². The minimum atomic E-state index is -0.525. The molecule has 0 radical (unpaired) electrons. The van der Waals surface area contributed by atoms with Crippen molar-refractivity contribution in [3.05, 3.63) is 17.0 Å². The fourth-order valence-corrected chi connectivity index (χ4v) is 3.09. The van der Waals surface area contributed by atoms with Crippen LogP contribution in [0.4, 0.5) is 4.79 Å². The molecule has 3 unspecified atom stereocenters. The molecule has 1 saturated carbocycles. The lowest BCUT2D eigenvalue weighted by Crippen LogP contribution is -2.47. The van der Waals surface area contributed by atoms with E-state index < -0.39 is 11.7 Å². The van der Waals surface area contributed by atoms with Crippen molar-refractivity contribution in [3.63, 3.8) is 0 Å². The Hall–Kier alpha value is -1.56. The normalized spacial score (nSPS) is 25.3. The summed E-state index contributed by atoms with van der Waals surface area (Å²) in [6.07, 6.45) is 1.20. The summed E-state index contributed by atoms with van der Waals surface area (Å²) in [5.74, 6) is 0. The smallest absolute Gasteiger partial charge is 0.407 e. The molecule has 2 rings (SSSR count). The van der Waals surface area contributed by atoms with E-state index in [1.807, 2.05) is 46.2 Å². The van der Waals surface area contributed by atoms with Crippen LogP contribution in [0.3, 0.4) is 0 Å². The molecule has 1 amide bonds. The zero-order valence-electron chi connectivity index (χ0n) is 15.0. The van der Waals surface area contributed by atoms with Gasteiger partial charge in [-0.15, -0.1) is 0 Å². The molecule has 6 heteroatoms. The molecule has 0 aromatic carbocycles. The molecule has 1 aromatic heterocycles. The molecule has 1 heterocycles. The SMILES string of the molecule is Cc1nn(C2CC(O)CCC2NC(=O)OC(C)(C)C)c(C)c1C. The molecule has 1 aliphatic rings. The van der Waals surface area contributed by atoms with Gasteiger partial charge in [-0.3, -0.25) is 4.68 Å². The summed E-state index contributed by atoms with van der Waals surface area (Å²) in [4.78, 5) is 12.1. The van der Waals surface area contributed by atoms with Crippen LogP contribution in [0.15, 0.2) is 0 Å². The van der Waals surface area contributed by atoms with E-state index >= 15 is 0 Å². The lowest BCUT2D eigenvalue weighted by molar-refractivity contribution is 0.0385. The van der Waals surface area contributed by atoms with Crippen LogP contribution in [0.1, 0.15) is 63.0 Å². The van der Waals surface area contributed by atoms with Gasteiger partial charge in [0.1, 0.15) is 5.60 Å². The van der Waals surface area contributed by atoms with Crippen molar-refractivity contribution in [1.82, 2.24) is 15.1 Å². The highest BCUT2D eigenvalue weighted by Gasteiger charge is 2.34. The number of aliphatic hydroxyl groups is 1. The van der Waals surface area contributed by atoms with Crippen LogP contribution in [-0.4, -0.2) is 38.7 Å². The minimum absolute atomic E-state index is 0.0568. The molecule has 0 spiro atoms. The van der Waals surface area contributed by atoms with Crippen molar-refractivity contribution in [2.24, 2.45) is 0 Å². The number of carbonyl (C=O) groups excluding carboxylic acids is 1. The van der Waals surface area contributed by atoms with Crippen molar-refractivity contribution < 1.29 is 14.6 Å². The Labute approximate surface area is 138 Å². The predicted octanol–water partition coefficient (Wildman–Crippen LogP) is 2.79. The third-order valence-corrected chi connectivity index (χ3v) is 4.49. The molecule has 130 valence electrons. The lowest BCUT2D eigenvalue weighted by Gasteiger charge is -2.35. The predicted molar refractivity (Wildman–Crippen MR) is 88.5 cm³/mol. The zero-order valence-corrected chi connectivity index (χ0v) is 15.0. The number of aliphatic hydroxyl groups excluding tert-OH is 1. The van der Waals surface area contributed by atoms with Crippen molar-refractivity contribution in [2.75, 3.05) is 0 Å². The van der Waals surface area contributed by atoms with Gasteiger partial charge in [-0.2, -0.15) is 5.10 Å². The first kappa shape index (κ1) is 17.8. The van der Waals surface area contributed by atoms with Gasteiger partial charge in [-0.1, -0.05) is 0 Å². The second-order valence-corrected chi connectivity index (χ2v) is 7.53. The van der Waals surface area contributed by atoms with Gasteiger partial charge >= 0.3 is 6.09 Å². The molecule has 0 saturated heterocycles. The summed E-state index contributed by atoms with van der Waals surface area (Å²) in [7, 11) is 0. The monoisotopic (exact) mass is 323 g/mol. The number of nitrogens with zero attached hydrogens (tertiary/aromatic N) is 2. The van der Waals surface area contributed by atoms with Gasteiger partial charge in [0.15, 0.2) is 0 Å². The fourth-order valence-electron chi connectivity index (χ4n) is 3.09. The van der Waals surface area contributed by atoms with Crippen LogP contribution in [0.25, 0.3) is 0 Å². The summed E-state index contributed by atoms with van der Waals surface area (Å²) in [6.45, 7) is 11.6. The van der Waals surface area contributed by atoms with Crippen molar-refractivity contribution in [1.29, 1.82) is 0 Å². The highest BCUT2D eigenvalue weighted by atomic mass is 16.6. The third-order valence-electron chi connectivity index (χ3n) is 4.49. The molecule has 1 fully saturated rings. The molecule has 1 aromatic rings. The van der Waals surface area contributed by atoms with Crippen LogP contribution in [0, 0.1) is 20.8 Å². The zero-order chi connectivity index (χ0) is 17.4. The van der Waals surface area contributed by atoms with E-state index in [-0.39, 0.29) is 18.2 Å². The summed E-state index contributed by atoms with van der Waals surface area (Å²) in [6, 6.07) is -0.149. The van der Waals surface area contributed by atoms with Gasteiger partial charge in [0.2, 0.25) is 0 Å². The van der Waals surface area contributed by atoms with E-state index in [1.54, 1.807) is 0 Å². The van der Waals surface area contributed by atoms with Crippen LogP contribution in [0.5, 0.6) is 0 Å². The summed E-state index contributed by atoms with van der Waals surface area (Å²) in [5.41, 5.74) is 2.69. The van der Waals surface area contributed by atoms with Crippen LogP contribution in [-0.2, 0) is 4.74 Å². The molecule has 23 heavy (non-hydrogen) atoms. The number of rotatable bonds is 2. The maximum Gasteiger partial charge on any atom is 0.407 e. The Morgan fingerprint density at radius 1 is 1.30 bits per heavy atom. The average Bonchev–Trinajstić information content (AvgIpc) is 2.66. The average molecular weight is 323 g/mol. The third kappa shape index (κ3) is 4.25. The highest BCUT2D eigenvalue weighted by Crippen LogP contribution is 2.31. The largest absolute Gasteiger partial charge is 0.444 e. The second-order valence-electron chi connectivity index (χ2n) is 7.53. The molecule has 0 bridgehead atoms. The number of alkyl carbamates (subject to hydrolysis) is 1. The van der Waals surface area contributed by atoms with Crippen molar-refractivity contribution in [3.8, 4) is 0 Å². The van der Waals surface area contributed by atoms with Gasteiger partial charge in [0.05, 0.1) is 23.9 Å². The highest BCUT2D eigenvalue weighted by molar-refractivity contribution is 5.68. The molecule has 3 atom stereocenters. The number of ether oxygens (including phenoxy) is 1. The number of amides is 1. The summed E-state index contributed by atoms with van der Waals surface area (Å²) >= 11 is 0. The van der Waals surface area contributed by atoms with E-state index in [4.69, 9.17) is 4.74 Å². The van der Waals surface area contributed by atoms with E-state index in [9.17, 15) is 9.90 Å². The molecule has 2 N–H and O–H groups in total. The molecular formula is C17H29N3O3. The number of nitrogens with one attached hydrogen (secondary N) is 1. The summed E-state index contributed by atoms with van der Waals surface area (Å²) in [5, 5.41) is 17.6. The van der Waals surface area contributed by atoms with E-state index in [2.05, 4.69) is 10.4 Å². The Morgan fingerprint density at radius 3 is 2.48 bits per heavy atom. The maximum atomic E-state index is 12.1. The van der Waals surface area contributed by atoms with Gasteiger partial charge in [0, 0.05) is 5.69 Å². The van der Waals surface area contributed by atoms with Crippen molar-refractivity contribution >= 4 is 6.09 Å². The number of hydrogen-bond donors (Lipinski definition) is 2. The first-order valence-electron chi connectivity index (χ1n) is 8.28. The van der Waals surface area contributed by atoms with Gasteiger partial charge in [-0.25, -0.2) is 4.79 Å². The number of aromatic nitrogens is 2. The molecular weight excluding hydrogens is 294 g/mol. The number of carbonyl (C=O) groups is 1. The van der Waals surface area contributed by atoms with Gasteiger partial charge < -0.3 is 15.2 Å². The lowest BCUT2D eigenvalue weighted by atomic mass is 9.88. The Bertz CT molecular complexity index is 574. The second kappa shape index (κ2) is 6.51. The van der Waals surface area contributed by atoms with Crippen molar-refractivity contribution in [2.45, 2.75) is 84.6 Å². The van der Waals surface area contributed by atoms with Gasteiger partial charge in [-0.05, 0) is 66.4 Å². The van der Waals surface area contributed by atoms with E-state index in [0.29, 0.717) is 19.3 Å². The molecule has 0 aliphatic heterocycles.